The SMILES string of the molecule is COc1ccc(NC(=O)c2ccc(-n3cncn3)c([N+](=O)[O-])c2)cc1NC(C)=O. The Bertz CT molecular complexity index is 1080. The summed E-state index contributed by atoms with van der Waals surface area (Å²) >= 11 is 0. The molecule has 11 nitrogen and oxygen atoms in total. The number of rotatable bonds is 6. The van der Waals surface area contributed by atoms with Crippen LogP contribution in [0.1, 0.15) is 17.3 Å². The van der Waals surface area contributed by atoms with Gasteiger partial charge in [-0.15, -0.1) is 0 Å². The number of carbonyl (C=O) groups is 2. The molecule has 2 aromatic carbocycles. The molecule has 0 bridgehead atoms. The van der Waals surface area contributed by atoms with E-state index in [9.17, 15) is 19.7 Å². The lowest BCUT2D eigenvalue weighted by atomic mass is 10.1. The molecule has 0 aliphatic carbocycles. The predicted octanol–water partition coefficient (Wildman–Crippen LogP) is 2.39. The predicted molar refractivity (Wildman–Crippen MR) is 103 cm³/mol. The number of amides is 2. The summed E-state index contributed by atoms with van der Waals surface area (Å²) in [6.07, 6.45) is 2.57. The highest BCUT2D eigenvalue weighted by molar-refractivity contribution is 6.05. The molecule has 0 radical (unpaired) electrons. The van der Waals surface area contributed by atoms with Crippen LogP contribution in [0.4, 0.5) is 17.1 Å². The molecule has 0 unspecified atom stereocenters. The summed E-state index contributed by atoms with van der Waals surface area (Å²) in [4.78, 5) is 38.5. The maximum atomic E-state index is 12.6. The number of methoxy groups -OCH3 is 1. The number of hydrogen-bond donors (Lipinski definition) is 2. The fourth-order valence-corrected chi connectivity index (χ4v) is 2.61. The molecule has 0 fully saturated rings. The maximum Gasteiger partial charge on any atom is 0.295 e. The van der Waals surface area contributed by atoms with Gasteiger partial charge in [-0.1, -0.05) is 0 Å². The van der Waals surface area contributed by atoms with Crippen molar-refractivity contribution in [2.24, 2.45) is 0 Å². The fourth-order valence-electron chi connectivity index (χ4n) is 2.61. The van der Waals surface area contributed by atoms with Crippen LogP contribution in [0.3, 0.4) is 0 Å². The smallest absolute Gasteiger partial charge is 0.295 e. The topological polar surface area (TPSA) is 141 Å². The van der Waals surface area contributed by atoms with Crippen molar-refractivity contribution in [1.82, 2.24) is 14.8 Å². The Kier molecular flexibility index (Phi) is 5.49. The molecule has 2 N–H and O–H groups in total. The third kappa shape index (κ3) is 4.35. The Morgan fingerprint density at radius 3 is 2.59 bits per heavy atom. The third-order valence-electron chi connectivity index (χ3n) is 3.87. The Hall–Kier alpha value is -4.28. The summed E-state index contributed by atoms with van der Waals surface area (Å²) in [5, 5.41) is 20.5. The maximum absolute atomic E-state index is 12.6. The summed E-state index contributed by atoms with van der Waals surface area (Å²) in [6.45, 7) is 1.35. The second kappa shape index (κ2) is 8.17. The van der Waals surface area contributed by atoms with Gasteiger partial charge in [-0.3, -0.25) is 19.7 Å². The van der Waals surface area contributed by atoms with Crippen LogP contribution in [-0.2, 0) is 4.79 Å². The van der Waals surface area contributed by atoms with E-state index < -0.39 is 10.8 Å². The lowest BCUT2D eigenvalue weighted by Crippen LogP contribution is -2.14. The normalized spacial score (nSPS) is 10.3. The van der Waals surface area contributed by atoms with Gasteiger partial charge in [0.2, 0.25) is 5.91 Å². The van der Waals surface area contributed by atoms with E-state index >= 15 is 0 Å². The van der Waals surface area contributed by atoms with Crippen LogP contribution in [0.5, 0.6) is 5.75 Å². The molecule has 0 aliphatic rings. The van der Waals surface area contributed by atoms with Crippen LogP contribution >= 0.6 is 0 Å². The Labute approximate surface area is 164 Å². The monoisotopic (exact) mass is 396 g/mol. The van der Waals surface area contributed by atoms with Crippen molar-refractivity contribution >= 4 is 28.9 Å². The molecule has 0 saturated carbocycles. The highest BCUT2D eigenvalue weighted by Gasteiger charge is 2.20. The number of carbonyl (C=O) groups excluding carboxylic acids is 2. The number of nitro groups is 1. The minimum absolute atomic E-state index is 0.0810. The van der Waals surface area contributed by atoms with Gasteiger partial charge in [0.25, 0.3) is 11.6 Å². The van der Waals surface area contributed by atoms with Gasteiger partial charge in [-0.25, -0.2) is 9.67 Å². The minimum Gasteiger partial charge on any atom is -0.495 e. The second-order valence-electron chi connectivity index (χ2n) is 5.85. The molecule has 0 atom stereocenters. The van der Waals surface area contributed by atoms with Gasteiger partial charge in [0, 0.05) is 24.2 Å². The molecule has 0 saturated heterocycles. The average Bonchev–Trinajstić information content (AvgIpc) is 3.22. The number of nitrogens with one attached hydrogen (secondary N) is 2. The van der Waals surface area contributed by atoms with Crippen LogP contribution in [0.25, 0.3) is 5.69 Å². The minimum atomic E-state index is -0.601. The summed E-state index contributed by atoms with van der Waals surface area (Å²) in [7, 11) is 1.45. The molecule has 2 amide bonds. The van der Waals surface area contributed by atoms with Crippen molar-refractivity contribution in [1.29, 1.82) is 0 Å². The van der Waals surface area contributed by atoms with Gasteiger partial charge >= 0.3 is 0 Å². The molecule has 3 rings (SSSR count). The summed E-state index contributed by atoms with van der Waals surface area (Å²) in [5.41, 5.74) is 0.726. The Morgan fingerprint density at radius 1 is 1.17 bits per heavy atom. The van der Waals surface area contributed by atoms with Crippen LogP contribution in [0, 0.1) is 10.1 Å². The number of nitrogens with zero attached hydrogens (tertiary/aromatic N) is 4. The highest BCUT2D eigenvalue weighted by atomic mass is 16.6. The molecular weight excluding hydrogens is 380 g/mol. The first kappa shape index (κ1) is 19.5. The van der Waals surface area contributed by atoms with Crippen LogP contribution in [0.15, 0.2) is 49.1 Å². The number of aromatic nitrogens is 3. The van der Waals surface area contributed by atoms with Crippen molar-refractivity contribution in [2.75, 3.05) is 17.7 Å². The Morgan fingerprint density at radius 2 is 1.97 bits per heavy atom. The van der Waals surface area contributed by atoms with Crippen LogP contribution in [-0.4, -0.2) is 38.6 Å². The van der Waals surface area contributed by atoms with Gasteiger partial charge < -0.3 is 15.4 Å². The quantitative estimate of drug-likeness (QED) is 0.481. The molecule has 0 aliphatic heterocycles. The average molecular weight is 396 g/mol. The lowest BCUT2D eigenvalue weighted by Gasteiger charge is -2.12. The first-order chi connectivity index (χ1) is 13.9. The molecule has 29 heavy (non-hydrogen) atoms. The molecule has 0 spiro atoms. The van der Waals surface area contributed by atoms with Gasteiger partial charge in [0.1, 0.15) is 24.1 Å². The van der Waals surface area contributed by atoms with Gasteiger partial charge in [0.15, 0.2) is 0 Å². The van der Waals surface area contributed by atoms with E-state index in [4.69, 9.17) is 4.74 Å². The van der Waals surface area contributed by atoms with Crippen molar-refractivity contribution < 1.29 is 19.2 Å². The van der Waals surface area contributed by atoms with Crippen molar-refractivity contribution in [3.05, 3.63) is 64.7 Å². The summed E-state index contributed by atoms with van der Waals surface area (Å²) in [6, 6.07) is 8.70. The second-order valence-corrected chi connectivity index (χ2v) is 5.85. The van der Waals surface area contributed by atoms with E-state index in [1.54, 1.807) is 12.1 Å². The molecular formula is C18H16N6O5. The third-order valence-corrected chi connectivity index (χ3v) is 3.87. The molecule has 1 heterocycles. The van der Waals surface area contributed by atoms with E-state index in [0.29, 0.717) is 17.1 Å². The first-order valence-electron chi connectivity index (χ1n) is 8.29. The van der Waals surface area contributed by atoms with E-state index in [-0.39, 0.29) is 22.8 Å². The first-order valence-corrected chi connectivity index (χ1v) is 8.29. The molecule has 11 heteroatoms. The largest absolute Gasteiger partial charge is 0.495 e. The molecule has 3 aromatic rings. The zero-order valence-corrected chi connectivity index (χ0v) is 15.4. The van der Waals surface area contributed by atoms with Crippen molar-refractivity contribution in [3.63, 3.8) is 0 Å². The zero-order valence-electron chi connectivity index (χ0n) is 15.4. The number of anilines is 2. The molecule has 1 aromatic heterocycles. The summed E-state index contributed by atoms with van der Waals surface area (Å²) in [5.74, 6) is -0.436. The highest BCUT2D eigenvalue weighted by Crippen LogP contribution is 2.29. The van der Waals surface area contributed by atoms with E-state index in [1.165, 1.54) is 49.6 Å². The van der Waals surface area contributed by atoms with Crippen LogP contribution < -0.4 is 15.4 Å². The van der Waals surface area contributed by atoms with Crippen molar-refractivity contribution in [3.8, 4) is 11.4 Å². The number of hydrogen-bond acceptors (Lipinski definition) is 7. The fraction of sp³-hybridized carbons (Fsp3) is 0.111. The summed E-state index contributed by atoms with van der Waals surface area (Å²) < 4.78 is 6.40. The molecule has 148 valence electrons. The number of ether oxygens (including phenoxy) is 1. The standard InChI is InChI=1S/C18H16N6O5/c1-11(25)21-14-8-13(4-6-17(14)29-2)22-18(26)12-3-5-15(16(7-12)24(27)28)23-10-19-9-20-23/h3-10H,1-2H3,(H,21,25)(H,22,26). The van der Waals surface area contributed by atoms with Gasteiger partial charge in [-0.05, 0) is 30.3 Å². The van der Waals surface area contributed by atoms with Gasteiger partial charge in [-0.2, -0.15) is 5.10 Å². The van der Waals surface area contributed by atoms with E-state index in [1.807, 2.05) is 0 Å². The zero-order chi connectivity index (χ0) is 21.0. The Balaban J connectivity index is 1.88. The van der Waals surface area contributed by atoms with E-state index in [0.717, 1.165) is 6.07 Å². The van der Waals surface area contributed by atoms with Crippen LogP contribution in [0.2, 0.25) is 0 Å². The number of nitro benzene ring substituents is 1. The van der Waals surface area contributed by atoms with Gasteiger partial charge in [0.05, 0.1) is 17.7 Å². The van der Waals surface area contributed by atoms with E-state index in [2.05, 4.69) is 20.7 Å². The lowest BCUT2D eigenvalue weighted by molar-refractivity contribution is -0.384. The number of benzene rings is 2. The van der Waals surface area contributed by atoms with Crippen molar-refractivity contribution in [2.45, 2.75) is 6.92 Å².